The number of hydrogen-bond donors (Lipinski definition) is 1. The lowest BCUT2D eigenvalue weighted by molar-refractivity contribution is 0.897. The molecular weight excluding hydrogens is 312 g/mol. The summed E-state index contributed by atoms with van der Waals surface area (Å²) in [6, 6.07) is 9.38. The normalized spacial score (nSPS) is 11.6. The van der Waals surface area contributed by atoms with E-state index in [1.807, 2.05) is 41.7 Å². The molecule has 0 aliphatic carbocycles. The van der Waals surface area contributed by atoms with Crippen molar-refractivity contribution >= 4 is 44.9 Å². The summed E-state index contributed by atoms with van der Waals surface area (Å²) in [4.78, 5) is 17.4. The second kappa shape index (κ2) is 4.99. The number of rotatable bonds is 2. The van der Waals surface area contributed by atoms with Gasteiger partial charge in [0.2, 0.25) is 0 Å². The molecular formula is C17H15ClN4O. The third-order valence-electron chi connectivity index (χ3n) is 4.13. The first kappa shape index (κ1) is 14.1. The summed E-state index contributed by atoms with van der Waals surface area (Å²) in [6.45, 7) is 2.72. The Balaban J connectivity index is 2.39. The minimum Gasteiger partial charge on any atom is -0.383 e. The van der Waals surface area contributed by atoms with Crippen molar-refractivity contribution in [2.24, 2.45) is 7.05 Å². The van der Waals surface area contributed by atoms with E-state index in [9.17, 15) is 4.79 Å². The summed E-state index contributed by atoms with van der Waals surface area (Å²) in [5.41, 5.74) is 3.80. The number of aryl methyl sites for hydroxylation is 1. The molecule has 0 saturated heterocycles. The largest absolute Gasteiger partial charge is 0.383 e. The summed E-state index contributed by atoms with van der Waals surface area (Å²) in [6.07, 6.45) is 1.74. The van der Waals surface area contributed by atoms with Crippen molar-refractivity contribution in [3.63, 3.8) is 0 Å². The molecule has 23 heavy (non-hydrogen) atoms. The topological polar surface area (TPSA) is 51.3 Å². The maximum absolute atomic E-state index is 12.9. The van der Waals surface area contributed by atoms with Gasteiger partial charge >= 0.3 is 0 Å². The molecule has 0 saturated carbocycles. The molecule has 0 atom stereocenters. The highest BCUT2D eigenvalue weighted by Gasteiger charge is 2.19. The van der Waals surface area contributed by atoms with Crippen LogP contribution in [0.2, 0.25) is 5.02 Å². The Labute approximate surface area is 137 Å². The molecule has 0 amide bonds. The molecule has 0 fully saturated rings. The van der Waals surface area contributed by atoms with Crippen molar-refractivity contribution in [1.82, 2.24) is 14.0 Å². The molecule has 1 N–H and O–H groups in total. The summed E-state index contributed by atoms with van der Waals surface area (Å²) in [5, 5.41) is 4.88. The number of hydrogen-bond acceptors (Lipinski definition) is 3. The van der Waals surface area contributed by atoms with Gasteiger partial charge in [0.1, 0.15) is 5.52 Å². The summed E-state index contributed by atoms with van der Waals surface area (Å²) >= 11 is 6.17. The second-order valence-corrected chi connectivity index (χ2v) is 5.90. The van der Waals surface area contributed by atoms with E-state index in [1.54, 1.807) is 17.8 Å². The Morgan fingerprint density at radius 3 is 2.87 bits per heavy atom. The van der Waals surface area contributed by atoms with Crippen LogP contribution in [-0.4, -0.2) is 20.5 Å². The fourth-order valence-corrected chi connectivity index (χ4v) is 3.30. The number of halogens is 1. The second-order valence-electron chi connectivity index (χ2n) is 5.46. The van der Waals surface area contributed by atoms with E-state index in [4.69, 9.17) is 11.6 Å². The molecule has 3 heterocycles. The van der Waals surface area contributed by atoms with Gasteiger partial charge in [0.25, 0.3) is 5.56 Å². The number of pyridine rings is 1. The van der Waals surface area contributed by atoms with Gasteiger partial charge < -0.3 is 9.88 Å². The molecule has 0 spiro atoms. The van der Waals surface area contributed by atoms with E-state index in [2.05, 4.69) is 10.3 Å². The van der Waals surface area contributed by atoms with Crippen molar-refractivity contribution in [3.8, 4) is 0 Å². The van der Waals surface area contributed by atoms with Crippen molar-refractivity contribution in [1.29, 1.82) is 0 Å². The SMILES string of the molecule is CCNc1c2cc(Cl)ccc2n2c1c(=O)n(C)c1cccnc12. The zero-order valence-corrected chi connectivity index (χ0v) is 13.6. The van der Waals surface area contributed by atoms with E-state index >= 15 is 0 Å². The average molecular weight is 327 g/mol. The van der Waals surface area contributed by atoms with Gasteiger partial charge in [-0.25, -0.2) is 4.98 Å². The third-order valence-corrected chi connectivity index (χ3v) is 4.36. The minimum absolute atomic E-state index is 0.0613. The average Bonchev–Trinajstić information content (AvgIpc) is 2.87. The van der Waals surface area contributed by atoms with Crippen LogP contribution in [0.5, 0.6) is 0 Å². The van der Waals surface area contributed by atoms with Crippen molar-refractivity contribution in [3.05, 3.63) is 51.9 Å². The lowest BCUT2D eigenvalue weighted by Gasteiger charge is -2.08. The number of anilines is 1. The zero-order chi connectivity index (χ0) is 16.1. The van der Waals surface area contributed by atoms with E-state index in [-0.39, 0.29) is 5.56 Å². The summed E-state index contributed by atoms with van der Waals surface area (Å²) < 4.78 is 3.56. The van der Waals surface area contributed by atoms with Gasteiger partial charge in [0, 0.05) is 30.2 Å². The van der Waals surface area contributed by atoms with E-state index in [1.165, 1.54) is 0 Å². The molecule has 0 radical (unpaired) electrons. The number of nitrogens with zero attached hydrogens (tertiary/aromatic N) is 3. The monoisotopic (exact) mass is 326 g/mol. The third kappa shape index (κ3) is 1.86. The molecule has 3 aromatic heterocycles. The molecule has 6 heteroatoms. The lowest BCUT2D eigenvalue weighted by atomic mass is 10.2. The van der Waals surface area contributed by atoms with Crippen LogP contribution >= 0.6 is 11.6 Å². The van der Waals surface area contributed by atoms with Crippen LogP contribution in [0.3, 0.4) is 0 Å². The van der Waals surface area contributed by atoms with Gasteiger partial charge in [-0.05, 0) is 37.3 Å². The number of aromatic nitrogens is 3. The maximum atomic E-state index is 12.9. The quantitative estimate of drug-likeness (QED) is 0.614. The van der Waals surface area contributed by atoms with Crippen LogP contribution in [0.1, 0.15) is 6.92 Å². The first-order valence-corrected chi connectivity index (χ1v) is 7.82. The predicted molar refractivity (Wildman–Crippen MR) is 94.6 cm³/mol. The Morgan fingerprint density at radius 2 is 2.09 bits per heavy atom. The van der Waals surface area contributed by atoms with Crippen LogP contribution in [0.25, 0.3) is 27.6 Å². The number of fused-ring (bicyclic) bond motifs is 5. The Kier molecular flexibility index (Phi) is 3.06. The molecule has 0 bridgehead atoms. The zero-order valence-electron chi connectivity index (χ0n) is 12.8. The van der Waals surface area contributed by atoms with Crippen LogP contribution in [0, 0.1) is 0 Å². The highest BCUT2D eigenvalue weighted by atomic mass is 35.5. The van der Waals surface area contributed by atoms with E-state index < -0.39 is 0 Å². The van der Waals surface area contributed by atoms with Crippen LogP contribution in [0.15, 0.2) is 41.3 Å². The standard InChI is InChI=1S/C17H15ClN4O/c1-3-19-14-11-9-10(18)6-7-12(11)22-15(14)17(23)21(2)13-5-4-8-20-16(13)22/h4-9,19H,3H2,1-2H3. The highest BCUT2D eigenvalue weighted by Crippen LogP contribution is 2.33. The van der Waals surface area contributed by atoms with Crippen molar-refractivity contribution < 1.29 is 0 Å². The Morgan fingerprint density at radius 1 is 1.26 bits per heavy atom. The first-order valence-electron chi connectivity index (χ1n) is 7.44. The van der Waals surface area contributed by atoms with Crippen molar-refractivity contribution in [2.45, 2.75) is 6.92 Å². The molecule has 0 aliphatic heterocycles. The Bertz CT molecular complexity index is 1130. The molecule has 5 nitrogen and oxygen atoms in total. The Hall–Kier alpha value is -2.53. The summed E-state index contributed by atoms with van der Waals surface area (Å²) in [7, 11) is 1.77. The molecule has 0 unspecified atom stereocenters. The smallest absolute Gasteiger partial charge is 0.277 e. The van der Waals surface area contributed by atoms with Gasteiger partial charge in [0.15, 0.2) is 5.65 Å². The molecule has 1 aromatic carbocycles. The summed E-state index contributed by atoms with van der Waals surface area (Å²) in [5.74, 6) is 0. The molecule has 0 aliphatic rings. The first-order chi connectivity index (χ1) is 11.1. The maximum Gasteiger partial charge on any atom is 0.277 e. The van der Waals surface area contributed by atoms with Gasteiger partial charge in [-0.1, -0.05) is 11.6 Å². The molecule has 116 valence electrons. The number of nitrogens with one attached hydrogen (secondary N) is 1. The van der Waals surface area contributed by atoms with E-state index in [0.717, 1.165) is 27.8 Å². The molecule has 4 rings (SSSR count). The fraction of sp³-hybridized carbons (Fsp3) is 0.176. The lowest BCUT2D eigenvalue weighted by Crippen LogP contribution is -2.21. The fourth-order valence-electron chi connectivity index (χ4n) is 3.13. The van der Waals surface area contributed by atoms with Gasteiger partial charge in [-0.15, -0.1) is 0 Å². The number of benzene rings is 1. The van der Waals surface area contributed by atoms with E-state index in [0.29, 0.717) is 17.1 Å². The van der Waals surface area contributed by atoms with Gasteiger partial charge in [0.05, 0.1) is 16.7 Å². The van der Waals surface area contributed by atoms with Crippen molar-refractivity contribution in [2.75, 3.05) is 11.9 Å². The van der Waals surface area contributed by atoms with Crippen LogP contribution in [0.4, 0.5) is 5.69 Å². The highest BCUT2D eigenvalue weighted by molar-refractivity contribution is 6.31. The predicted octanol–water partition coefficient (Wildman–Crippen LogP) is 3.42. The molecule has 4 aromatic rings. The van der Waals surface area contributed by atoms with Gasteiger partial charge in [-0.2, -0.15) is 0 Å². The van der Waals surface area contributed by atoms with Crippen LogP contribution in [-0.2, 0) is 7.05 Å². The van der Waals surface area contributed by atoms with Crippen LogP contribution < -0.4 is 10.9 Å². The minimum atomic E-state index is -0.0613. The van der Waals surface area contributed by atoms with Gasteiger partial charge in [-0.3, -0.25) is 9.20 Å².